The van der Waals surface area contributed by atoms with Gasteiger partial charge in [0, 0.05) is 13.1 Å². The maximum Gasteiger partial charge on any atom is 0.287 e. The molecule has 0 unspecified atom stereocenters. The van der Waals surface area contributed by atoms with Gasteiger partial charge in [-0.25, -0.2) is 4.98 Å². The SMILES string of the molecule is NCCNC(=O)c1nc2ccccc2c(=O)[nH]1. The van der Waals surface area contributed by atoms with Gasteiger partial charge in [0.15, 0.2) is 5.82 Å². The third-order valence-corrected chi connectivity index (χ3v) is 2.26. The van der Waals surface area contributed by atoms with Gasteiger partial charge in [0.05, 0.1) is 10.9 Å². The van der Waals surface area contributed by atoms with Crippen LogP contribution in [0.3, 0.4) is 0 Å². The van der Waals surface area contributed by atoms with Crippen LogP contribution in [0, 0.1) is 0 Å². The summed E-state index contributed by atoms with van der Waals surface area (Å²) in [6.07, 6.45) is 0. The fourth-order valence-corrected chi connectivity index (χ4v) is 1.46. The molecule has 2 rings (SSSR count). The molecule has 0 aliphatic rings. The molecule has 1 amide bonds. The minimum atomic E-state index is -0.432. The van der Waals surface area contributed by atoms with Gasteiger partial charge in [-0.15, -0.1) is 0 Å². The van der Waals surface area contributed by atoms with Crippen LogP contribution in [0.2, 0.25) is 0 Å². The Balaban J connectivity index is 2.43. The first-order chi connectivity index (χ1) is 8.22. The van der Waals surface area contributed by atoms with Crippen LogP contribution in [0.15, 0.2) is 29.1 Å². The number of fused-ring (bicyclic) bond motifs is 1. The molecule has 0 saturated heterocycles. The molecule has 6 heteroatoms. The van der Waals surface area contributed by atoms with Crippen molar-refractivity contribution in [3.05, 3.63) is 40.4 Å². The zero-order valence-corrected chi connectivity index (χ0v) is 9.06. The summed E-state index contributed by atoms with van der Waals surface area (Å²) in [6, 6.07) is 6.84. The number of aromatic amines is 1. The number of amides is 1. The van der Waals surface area contributed by atoms with Gasteiger partial charge in [-0.3, -0.25) is 9.59 Å². The molecular formula is C11H12N4O2. The predicted molar refractivity (Wildman–Crippen MR) is 63.8 cm³/mol. The average Bonchev–Trinajstić information content (AvgIpc) is 2.36. The van der Waals surface area contributed by atoms with Crippen LogP contribution >= 0.6 is 0 Å². The molecule has 0 aliphatic carbocycles. The number of H-pyrrole nitrogens is 1. The highest BCUT2D eigenvalue weighted by molar-refractivity contribution is 5.92. The van der Waals surface area contributed by atoms with E-state index >= 15 is 0 Å². The van der Waals surface area contributed by atoms with Crippen LogP contribution in [0.5, 0.6) is 0 Å². The van der Waals surface area contributed by atoms with E-state index in [0.29, 0.717) is 24.0 Å². The van der Waals surface area contributed by atoms with Gasteiger partial charge in [-0.1, -0.05) is 12.1 Å². The first-order valence-corrected chi connectivity index (χ1v) is 5.19. The summed E-state index contributed by atoms with van der Waals surface area (Å²) in [5.41, 5.74) is 5.44. The van der Waals surface area contributed by atoms with E-state index in [1.165, 1.54) is 0 Å². The van der Waals surface area contributed by atoms with Gasteiger partial charge >= 0.3 is 0 Å². The number of carbonyl (C=O) groups is 1. The summed E-state index contributed by atoms with van der Waals surface area (Å²) in [4.78, 5) is 29.8. The van der Waals surface area contributed by atoms with Crippen LogP contribution in [-0.2, 0) is 0 Å². The Kier molecular flexibility index (Phi) is 3.15. The summed E-state index contributed by atoms with van der Waals surface area (Å²) in [5, 5.41) is 3.00. The summed E-state index contributed by atoms with van der Waals surface area (Å²) in [6.45, 7) is 0.679. The van der Waals surface area contributed by atoms with Crippen LogP contribution in [0.4, 0.5) is 0 Å². The van der Waals surface area contributed by atoms with Gasteiger partial charge in [0.2, 0.25) is 0 Å². The van der Waals surface area contributed by atoms with Crippen LogP contribution in [0.25, 0.3) is 10.9 Å². The molecule has 0 saturated carbocycles. The van der Waals surface area contributed by atoms with Crippen molar-refractivity contribution in [2.75, 3.05) is 13.1 Å². The Labute approximate surface area is 96.9 Å². The van der Waals surface area contributed by atoms with Crippen LogP contribution in [0.1, 0.15) is 10.6 Å². The van der Waals surface area contributed by atoms with E-state index in [-0.39, 0.29) is 11.4 Å². The van der Waals surface area contributed by atoms with E-state index in [1.54, 1.807) is 24.3 Å². The average molecular weight is 232 g/mol. The first kappa shape index (κ1) is 11.3. The van der Waals surface area contributed by atoms with Gasteiger partial charge in [0.1, 0.15) is 0 Å². The number of rotatable bonds is 3. The van der Waals surface area contributed by atoms with Crippen molar-refractivity contribution in [3.63, 3.8) is 0 Å². The van der Waals surface area contributed by atoms with E-state index in [9.17, 15) is 9.59 Å². The zero-order valence-electron chi connectivity index (χ0n) is 9.06. The molecule has 0 aliphatic heterocycles. The van der Waals surface area contributed by atoms with E-state index in [4.69, 9.17) is 5.73 Å². The Hall–Kier alpha value is -2.21. The van der Waals surface area contributed by atoms with Gasteiger partial charge in [-0.2, -0.15) is 0 Å². The van der Waals surface area contributed by atoms with Crippen molar-refractivity contribution in [3.8, 4) is 0 Å². The fourth-order valence-electron chi connectivity index (χ4n) is 1.46. The summed E-state index contributed by atoms with van der Waals surface area (Å²) in [7, 11) is 0. The summed E-state index contributed by atoms with van der Waals surface area (Å²) >= 11 is 0. The molecule has 1 aromatic carbocycles. The number of benzene rings is 1. The number of hydrogen-bond acceptors (Lipinski definition) is 4. The lowest BCUT2D eigenvalue weighted by molar-refractivity contribution is 0.0944. The van der Waals surface area contributed by atoms with Crippen molar-refractivity contribution in [1.82, 2.24) is 15.3 Å². The quantitative estimate of drug-likeness (QED) is 0.671. The smallest absolute Gasteiger partial charge is 0.287 e. The second kappa shape index (κ2) is 4.75. The fraction of sp³-hybridized carbons (Fsp3) is 0.182. The Morgan fingerprint density at radius 2 is 2.18 bits per heavy atom. The topological polar surface area (TPSA) is 101 Å². The molecular weight excluding hydrogens is 220 g/mol. The van der Waals surface area contributed by atoms with Gasteiger partial charge in [0.25, 0.3) is 11.5 Å². The predicted octanol–water partition coefficient (Wildman–Crippen LogP) is -0.388. The number of carbonyl (C=O) groups excluding carboxylic acids is 1. The summed E-state index contributed by atoms with van der Waals surface area (Å²) < 4.78 is 0. The van der Waals surface area contributed by atoms with Gasteiger partial charge in [-0.05, 0) is 12.1 Å². The second-order valence-corrected chi connectivity index (χ2v) is 3.48. The molecule has 0 atom stereocenters. The lowest BCUT2D eigenvalue weighted by Crippen LogP contribution is -2.31. The number of hydrogen-bond donors (Lipinski definition) is 3. The van der Waals surface area contributed by atoms with E-state index in [1.807, 2.05) is 0 Å². The van der Waals surface area contributed by atoms with Crippen molar-refractivity contribution in [2.45, 2.75) is 0 Å². The zero-order chi connectivity index (χ0) is 12.3. The Morgan fingerprint density at radius 1 is 1.41 bits per heavy atom. The lowest BCUT2D eigenvalue weighted by Gasteiger charge is -2.03. The number of aromatic nitrogens is 2. The Bertz CT molecular complexity index is 606. The number of nitrogens with zero attached hydrogens (tertiary/aromatic N) is 1. The van der Waals surface area contributed by atoms with E-state index in [2.05, 4.69) is 15.3 Å². The van der Waals surface area contributed by atoms with Gasteiger partial charge < -0.3 is 16.0 Å². The largest absolute Gasteiger partial charge is 0.348 e. The number of nitrogens with two attached hydrogens (primary N) is 1. The number of para-hydroxylation sites is 1. The normalized spacial score (nSPS) is 10.4. The minimum Gasteiger partial charge on any atom is -0.348 e. The van der Waals surface area contributed by atoms with Crippen molar-refractivity contribution < 1.29 is 4.79 Å². The standard InChI is InChI=1S/C11H12N4O2/c12-5-6-13-11(17)9-14-8-4-2-1-3-7(8)10(16)15-9/h1-4H,5-6,12H2,(H,13,17)(H,14,15,16). The third kappa shape index (κ3) is 2.31. The maximum absolute atomic E-state index is 11.7. The highest BCUT2D eigenvalue weighted by Crippen LogP contribution is 2.05. The van der Waals surface area contributed by atoms with Crippen molar-refractivity contribution >= 4 is 16.8 Å². The molecule has 88 valence electrons. The first-order valence-electron chi connectivity index (χ1n) is 5.19. The third-order valence-electron chi connectivity index (χ3n) is 2.26. The van der Waals surface area contributed by atoms with Crippen molar-refractivity contribution in [2.24, 2.45) is 5.73 Å². The molecule has 2 aromatic rings. The molecule has 0 spiro atoms. The van der Waals surface area contributed by atoms with Crippen LogP contribution < -0.4 is 16.6 Å². The summed E-state index contributed by atoms with van der Waals surface area (Å²) in [5.74, 6) is -0.430. The highest BCUT2D eigenvalue weighted by atomic mass is 16.2. The molecule has 0 fully saturated rings. The lowest BCUT2D eigenvalue weighted by atomic mass is 10.2. The molecule has 4 N–H and O–H groups in total. The Morgan fingerprint density at radius 3 is 2.94 bits per heavy atom. The molecule has 0 radical (unpaired) electrons. The maximum atomic E-state index is 11.7. The number of nitrogens with one attached hydrogen (secondary N) is 2. The molecule has 1 heterocycles. The molecule has 17 heavy (non-hydrogen) atoms. The van der Waals surface area contributed by atoms with E-state index < -0.39 is 5.91 Å². The molecule has 0 bridgehead atoms. The van der Waals surface area contributed by atoms with E-state index in [0.717, 1.165) is 0 Å². The highest BCUT2D eigenvalue weighted by Gasteiger charge is 2.09. The molecule has 1 aromatic heterocycles. The minimum absolute atomic E-state index is 0.00199. The van der Waals surface area contributed by atoms with Crippen molar-refractivity contribution in [1.29, 1.82) is 0 Å². The second-order valence-electron chi connectivity index (χ2n) is 3.48. The monoisotopic (exact) mass is 232 g/mol. The molecule has 6 nitrogen and oxygen atoms in total. The van der Waals surface area contributed by atoms with Crippen LogP contribution in [-0.4, -0.2) is 29.0 Å².